The maximum Gasteiger partial charge on any atom is 0.248 e. The van der Waals surface area contributed by atoms with Crippen molar-refractivity contribution in [1.29, 1.82) is 0 Å². The topological polar surface area (TPSA) is 65.0 Å². The molecule has 0 atom stereocenters. The number of amides is 1. The van der Waals surface area contributed by atoms with E-state index in [0.717, 1.165) is 39.3 Å². The molecular formula is C11H22ClN3O3. The van der Waals surface area contributed by atoms with Crippen LogP contribution in [0.1, 0.15) is 0 Å². The van der Waals surface area contributed by atoms with Gasteiger partial charge < -0.3 is 20.1 Å². The average molecular weight is 280 g/mol. The highest BCUT2D eigenvalue weighted by Crippen LogP contribution is 2.04. The van der Waals surface area contributed by atoms with Gasteiger partial charge in [-0.3, -0.25) is 9.69 Å². The van der Waals surface area contributed by atoms with Crippen LogP contribution in [0.15, 0.2) is 0 Å². The molecule has 0 aromatic carbocycles. The van der Waals surface area contributed by atoms with E-state index in [4.69, 9.17) is 9.84 Å². The lowest BCUT2D eigenvalue weighted by Crippen LogP contribution is -2.52. The Hall–Kier alpha value is -0.400. The molecule has 0 unspecified atom stereocenters. The Morgan fingerprint density at radius 3 is 2.44 bits per heavy atom. The Morgan fingerprint density at radius 2 is 1.94 bits per heavy atom. The monoisotopic (exact) mass is 279 g/mol. The summed E-state index contributed by atoms with van der Waals surface area (Å²) in [6.45, 7) is 5.98. The smallest absolute Gasteiger partial charge is 0.248 e. The first-order chi connectivity index (χ1) is 8.29. The molecule has 0 bridgehead atoms. The van der Waals surface area contributed by atoms with Crippen molar-refractivity contribution in [3.05, 3.63) is 0 Å². The molecule has 0 spiro atoms. The number of nitrogens with zero attached hydrogens (tertiary/aromatic N) is 2. The maximum absolute atomic E-state index is 11.8. The van der Waals surface area contributed by atoms with E-state index in [0.29, 0.717) is 6.54 Å². The summed E-state index contributed by atoms with van der Waals surface area (Å²) >= 11 is 0. The predicted octanol–water partition coefficient (Wildman–Crippen LogP) is -1.47. The number of carbonyl (C=O) groups is 1. The minimum Gasteiger partial charge on any atom is -0.395 e. The van der Waals surface area contributed by atoms with Crippen LogP contribution < -0.4 is 5.32 Å². The van der Waals surface area contributed by atoms with Gasteiger partial charge in [-0.2, -0.15) is 0 Å². The molecule has 0 aromatic heterocycles. The SMILES string of the molecule is Cl.O=C(COC1CNC1)N1CCN(CCO)CC1. The van der Waals surface area contributed by atoms with E-state index in [2.05, 4.69) is 10.2 Å². The summed E-state index contributed by atoms with van der Waals surface area (Å²) < 4.78 is 5.46. The molecule has 0 radical (unpaired) electrons. The summed E-state index contributed by atoms with van der Waals surface area (Å²) in [4.78, 5) is 15.8. The van der Waals surface area contributed by atoms with Crippen molar-refractivity contribution in [3.63, 3.8) is 0 Å². The van der Waals surface area contributed by atoms with Crippen molar-refractivity contribution < 1.29 is 14.6 Å². The van der Waals surface area contributed by atoms with Crippen LogP contribution in [0.5, 0.6) is 0 Å². The molecule has 2 rings (SSSR count). The molecule has 6 nitrogen and oxygen atoms in total. The van der Waals surface area contributed by atoms with Gasteiger partial charge in [-0.05, 0) is 0 Å². The fourth-order valence-corrected chi connectivity index (χ4v) is 2.02. The molecule has 106 valence electrons. The third-order valence-corrected chi connectivity index (χ3v) is 3.33. The van der Waals surface area contributed by atoms with Gasteiger partial charge in [0.05, 0.1) is 12.7 Å². The van der Waals surface area contributed by atoms with Crippen molar-refractivity contribution in [3.8, 4) is 0 Å². The van der Waals surface area contributed by atoms with Crippen LogP contribution in [0.3, 0.4) is 0 Å². The van der Waals surface area contributed by atoms with E-state index in [9.17, 15) is 4.79 Å². The van der Waals surface area contributed by atoms with E-state index in [1.54, 1.807) is 0 Å². The Labute approximate surface area is 114 Å². The number of aliphatic hydroxyl groups is 1. The largest absolute Gasteiger partial charge is 0.395 e. The molecule has 18 heavy (non-hydrogen) atoms. The van der Waals surface area contributed by atoms with Gasteiger partial charge in [0, 0.05) is 45.8 Å². The lowest BCUT2D eigenvalue weighted by molar-refractivity contribution is -0.141. The highest BCUT2D eigenvalue weighted by molar-refractivity contribution is 5.85. The second kappa shape index (κ2) is 7.91. The summed E-state index contributed by atoms with van der Waals surface area (Å²) in [7, 11) is 0. The molecule has 0 aliphatic carbocycles. The first-order valence-corrected chi connectivity index (χ1v) is 6.23. The number of ether oxygens (including phenoxy) is 1. The quantitative estimate of drug-likeness (QED) is 0.644. The lowest BCUT2D eigenvalue weighted by Gasteiger charge is -2.35. The highest BCUT2D eigenvalue weighted by atomic mass is 35.5. The van der Waals surface area contributed by atoms with Gasteiger partial charge in [0.25, 0.3) is 0 Å². The fraction of sp³-hybridized carbons (Fsp3) is 0.909. The number of halogens is 1. The first kappa shape index (κ1) is 15.7. The van der Waals surface area contributed by atoms with E-state index >= 15 is 0 Å². The van der Waals surface area contributed by atoms with Crippen molar-refractivity contribution in [1.82, 2.24) is 15.1 Å². The molecule has 0 saturated carbocycles. The number of piperazine rings is 1. The van der Waals surface area contributed by atoms with Crippen molar-refractivity contribution >= 4 is 18.3 Å². The molecule has 7 heteroatoms. The Balaban J connectivity index is 0.00000162. The van der Waals surface area contributed by atoms with Crippen LogP contribution in [-0.4, -0.2) is 85.9 Å². The number of carbonyl (C=O) groups excluding carboxylic acids is 1. The minimum absolute atomic E-state index is 0. The zero-order valence-corrected chi connectivity index (χ0v) is 11.3. The molecule has 2 N–H and O–H groups in total. The highest BCUT2D eigenvalue weighted by Gasteiger charge is 2.23. The van der Waals surface area contributed by atoms with Crippen LogP contribution in [-0.2, 0) is 9.53 Å². The Bertz CT molecular complexity index is 256. The third kappa shape index (κ3) is 4.37. The number of rotatable bonds is 5. The van der Waals surface area contributed by atoms with E-state index in [-0.39, 0.29) is 37.6 Å². The van der Waals surface area contributed by atoms with Crippen molar-refractivity contribution in [2.24, 2.45) is 0 Å². The number of hydrogen-bond acceptors (Lipinski definition) is 5. The lowest BCUT2D eigenvalue weighted by atomic mass is 10.2. The number of β-amino-alcohol motifs (C(OH)–C–C–N with tert-alkyl or cyclic N) is 1. The number of hydrogen-bond donors (Lipinski definition) is 2. The van der Waals surface area contributed by atoms with E-state index < -0.39 is 0 Å². The standard InChI is InChI=1S/C11H21N3O3.ClH/c15-6-5-13-1-3-14(4-2-13)11(16)9-17-10-7-12-8-10;/h10,12,15H,1-9H2;1H. The molecule has 2 aliphatic heterocycles. The molecule has 0 aromatic rings. The van der Waals surface area contributed by atoms with E-state index in [1.165, 1.54) is 0 Å². The second-order valence-electron chi connectivity index (χ2n) is 4.54. The van der Waals surface area contributed by atoms with Crippen LogP contribution in [0.2, 0.25) is 0 Å². The Morgan fingerprint density at radius 1 is 1.28 bits per heavy atom. The normalized spacial score (nSPS) is 21.3. The van der Waals surface area contributed by atoms with Crippen LogP contribution >= 0.6 is 12.4 Å². The van der Waals surface area contributed by atoms with Crippen molar-refractivity contribution in [2.75, 3.05) is 59.0 Å². The molecule has 1 amide bonds. The predicted molar refractivity (Wildman–Crippen MR) is 70.0 cm³/mol. The summed E-state index contributed by atoms with van der Waals surface area (Å²) in [5.74, 6) is 0.0838. The first-order valence-electron chi connectivity index (χ1n) is 6.23. The van der Waals surface area contributed by atoms with Gasteiger partial charge in [0.1, 0.15) is 6.61 Å². The summed E-state index contributed by atoms with van der Waals surface area (Å²) in [6, 6.07) is 0. The van der Waals surface area contributed by atoms with Gasteiger partial charge in [-0.15, -0.1) is 12.4 Å². The summed E-state index contributed by atoms with van der Waals surface area (Å²) in [5, 5.41) is 11.9. The zero-order chi connectivity index (χ0) is 12.1. The van der Waals surface area contributed by atoms with E-state index in [1.807, 2.05) is 4.90 Å². The summed E-state index contributed by atoms with van der Waals surface area (Å²) in [6.07, 6.45) is 0.217. The fourth-order valence-electron chi connectivity index (χ4n) is 2.02. The second-order valence-corrected chi connectivity index (χ2v) is 4.54. The van der Waals surface area contributed by atoms with Gasteiger partial charge in [-0.25, -0.2) is 0 Å². The van der Waals surface area contributed by atoms with Gasteiger partial charge in [-0.1, -0.05) is 0 Å². The minimum atomic E-state index is 0. The molecule has 2 saturated heterocycles. The summed E-state index contributed by atoms with van der Waals surface area (Å²) in [5.41, 5.74) is 0. The average Bonchev–Trinajstić information content (AvgIpc) is 2.28. The maximum atomic E-state index is 11.8. The third-order valence-electron chi connectivity index (χ3n) is 3.33. The van der Waals surface area contributed by atoms with Crippen LogP contribution in [0.4, 0.5) is 0 Å². The van der Waals surface area contributed by atoms with Crippen molar-refractivity contribution in [2.45, 2.75) is 6.10 Å². The number of nitrogens with one attached hydrogen (secondary N) is 1. The van der Waals surface area contributed by atoms with Crippen LogP contribution in [0.25, 0.3) is 0 Å². The Kier molecular flexibility index (Phi) is 6.88. The molecule has 2 aliphatic rings. The molecule has 2 heterocycles. The number of aliphatic hydroxyl groups excluding tert-OH is 1. The van der Waals surface area contributed by atoms with Gasteiger partial charge in [0.15, 0.2) is 0 Å². The molecular weight excluding hydrogens is 258 g/mol. The van der Waals surface area contributed by atoms with Gasteiger partial charge >= 0.3 is 0 Å². The molecule has 2 fully saturated rings. The zero-order valence-electron chi connectivity index (χ0n) is 10.5. The van der Waals surface area contributed by atoms with Crippen LogP contribution in [0, 0.1) is 0 Å². The van der Waals surface area contributed by atoms with Gasteiger partial charge in [0.2, 0.25) is 5.91 Å².